The van der Waals surface area contributed by atoms with Crippen molar-refractivity contribution in [3.8, 4) is 0 Å². The van der Waals surface area contributed by atoms with Gasteiger partial charge in [0.1, 0.15) is 5.41 Å². The summed E-state index contributed by atoms with van der Waals surface area (Å²) < 4.78 is 3.74. The summed E-state index contributed by atoms with van der Waals surface area (Å²) in [6.45, 7) is 2.60. The van der Waals surface area contributed by atoms with Crippen molar-refractivity contribution in [3.63, 3.8) is 0 Å². The second-order valence-corrected chi connectivity index (χ2v) is 10.4. The third-order valence-electron chi connectivity index (χ3n) is 8.03. The number of para-hydroxylation sites is 2. The molecule has 4 aromatic rings. The molecule has 3 aromatic carbocycles. The van der Waals surface area contributed by atoms with Gasteiger partial charge in [-0.1, -0.05) is 72.8 Å². The number of carbonyl (C=O) groups excluding carboxylic acids is 1. The third-order valence-corrected chi connectivity index (χ3v) is 8.03. The van der Waals surface area contributed by atoms with Crippen LogP contribution in [0.15, 0.2) is 89.7 Å². The Balaban J connectivity index is 1.39. The van der Waals surface area contributed by atoms with Crippen molar-refractivity contribution >= 4 is 16.9 Å². The van der Waals surface area contributed by atoms with Gasteiger partial charge >= 0.3 is 5.69 Å². The van der Waals surface area contributed by atoms with Gasteiger partial charge in [-0.3, -0.25) is 13.9 Å². The van der Waals surface area contributed by atoms with Gasteiger partial charge in [-0.05, 0) is 49.1 Å². The first-order valence-electron chi connectivity index (χ1n) is 13.1. The molecule has 1 fully saturated rings. The number of carbonyl (C=O) groups is 1. The van der Waals surface area contributed by atoms with E-state index in [0.29, 0.717) is 6.42 Å². The van der Waals surface area contributed by atoms with Crippen molar-refractivity contribution < 1.29 is 4.79 Å². The van der Waals surface area contributed by atoms with Crippen LogP contribution in [0.2, 0.25) is 0 Å². The molecule has 37 heavy (non-hydrogen) atoms. The zero-order valence-corrected chi connectivity index (χ0v) is 22.0. The predicted octanol–water partition coefficient (Wildman–Crippen LogP) is 4.44. The SMILES string of the molecule is CN(C)C(=O)C(CCN1CCC(n2c(=O)n(C)c3ccccc32)CC1)(c1ccccc1)c1ccccc1. The maximum Gasteiger partial charge on any atom is 0.329 e. The van der Waals surface area contributed by atoms with E-state index in [2.05, 4.69) is 29.2 Å². The summed E-state index contributed by atoms with van der Waals surface area (Å²) in [6.07, 6.45) is 2.52. The van der Waals surface area contributed by atoms with Crippen LogP contribution in [-0.2, 0) is 17.3 Å². The molecule has 0 saturated carbocycles. The summed E-state index contributed by atoms with van der Waals surface area (Å²) in [5.41, 5.74) is 3.34. The van der Waals surface area contributed by atoms with E-state index in [1.165, 1.54) is 0 Å². The molecule has 0 N–H and O–H groups in total. The van der Waals surface area contributed by atoms with Gasteiger partial charge in [0.25, 0.3) is 0 Å². The van der Waals surface area contributed by atoms with Crippen LogP contribution in [0, 0.1) is 0 Å². The van der Waals surface area contributed by atoms with Crippen molar-refractivity contribution in [2.24, 2.45) is 7.05 Å². The first-order valence-corrected chi connectivity index (χ1v) is 13.1. The standard InChI is InChI=1S/C31H36N4O2/c1-32(2)29(36)31(24-12-6-4-7-13-24,25-14-8-5-9-15-25)20-23-34-21-18-26(19-22-34)35-28-17-11-10-16-27(28)33(3)30(35)37/h4-17,26H,18-23H2,1-3H3. The summed E-state index contributed by atoms with van der Waals surface area (Å²) in [5.74, 6) is 0.0992. The number of imidazole rings is 1. The van der Waals surface area contributed by atoms with Crippen LogP contribution in [0.5, 0.6) is 0 Å². The first-order chi connectivity index (χ1) is 17.9. The lowest BCUT2D eigenvalue weighted by Crippen LogP contribution is -2.47. The number of aryl methyl sites for hydroxylation is 1. The molecule has 1 amide bonds. The lowest BCUT2D eigenvalue weighted by Gasteiger charge is -2.39. The number of piperidine rings is 1. The average molecular weight is 497 g/mol. The van der Waals surface area contributed by atoms with Gasteiger partial charge in [0.15, 0.2) is 0 Å². The zero-order valence-electron chi connectivity index (χ0n) is 22.0. The summed E-state index contributed by atoms with van der Waals surface area (Å²) in [5, 5.41) is 0. The molecule has 6 heteroatoms. The maximum absolute atomic E-state index is 13.9. The Morgan fingerprint density at radius 3 is 1.89 bits per heavy atom. The zero-order chi connectivity index (χ0) is 26.0. The highest BCUT2D eigenvalue weighted by molar-refractivity contribution is 5.92. The van der Waals surface area contributed by atoms with Gasteiger partial charge in [-0.15, -0.1) is 0 Å². The minimum Gasteiger partial charge on any atom is -0.348 e. The number of amides is 1. The highest BCUT2D eigenvalue weighted by Gasteiger charge is 2.43. The van der Waals surface area contributed by atoms with Crippen molar-refractivity contribution in [2.75, 3.05) is 33.7 Å². The van der Waals surface area contributed by atoms with Crippen molar-refractivity contribution in [3.05, 3.63) is 107 Å². The van der Waals surface area contributed by atoms with E-state index in [0.717, 1.165) is 54.6 Å². The van der Waals surface area contributed by atoms with Gasteiger partial charge in [0.2, 0.25) is 5.91 Å². The van der Waals surface area contributed by atoms with Gasteiger partial charge in [0.05, 0.1) is 11.0 Å². The Morgan fingerprint density at radius 1 is 0.838 bits per heavy atom. The summed E-state index contributed by atoms with van der Waals surface area (Å²) >= 11 is 0. The number of nitrogens with zero attached hydrogens (tertiary/aromatic N) is 4. The number of hydrogen-bond acceptors (Lipinski definition) is 3. The number of benzene rings is 3. The van der Waals surface area contributed by atoms with E-state index in [9.17, 15) is 9.59 Å². The number of likely N-dealkylation sites (tertiary alicyclic amines) is 1. The van der Waals surface area contributed by atoms with E-state index >= 15 is 0 Å². The predicted molar refractivity (Wildman–Crippen MR) is 149 cm³/mol. The fourth-order valence-corrected chi connectivity index (χ4v) is 6.04. The molecular weight excluding hydrogens is 460 g/mol. The molecule has 5 rings (SSSR count). The molecule has 1 aliphatic rings. The maximum atomic E-state index is 13.9. The van der Waals surface area contributed by atoms with Crippen molar-refractivity contribution in [1.29, 1.82) is 0 Å². The van der Waals surface area contributed by atoms with E-state index < -0.39 is 5.41 Å². The van der Waals surface area contributed by atoms with Crippen LogP contribution in [0.3, 0.4) is 0 Å². The summed E-state index contributed by atoms with van der Waals surface area (Å²) in [7, 11) is 5.54. The van der Waals surface area contributed by atoms with E-state index in [-0.39, 0.29) is 17.6 Å². The highest BCUT2D eigenvalue weighted by atomic mass is 16.2. The van der Waals surface area contributed by atoms with Crippen LogP contribution in [0.1, 0.15) is 36.4 Å². The summed E-state index contributed by atoms with van der Waals surface area (Å²) in [6, 6.07) is 28.6. The van der Waals surface area contributed by atoms with Crippen LogP contribution >= 0.6 is 0 Å². The number of hydrogen-bond donors (Lipinski definition) is 0. The van der Waals surface area contributed by atoms with Crippen LogP contribution in [-0.4, -0.2) is 58.6 Å². The Bertz CT molecular complexity index is 1370. The molecule has 6 nitrogen and oxygen atoms in total. The average Bonchev–Trinajstić information content (AvgIpc) is 3.20. The fourth-order valence-electron chi connectivity index (χ4n) is 6.04. The number of likely N-dealkylation sites (N-methyl/N-ethyl adjacent to an activating group) is 1. The Labute approximate surface area is 218 Å². The van der Waals surface area contributed by atoms with E-state index in [1.807, 2.05) is 86.4 Å². The third kappa shape index (κ3) is 4.51. The molecule has 0 spiro atoms. The quantitative estimate of drug-likeness (QED) is 0.380. The minimum atomic E-state index is -0.755. The van der Waals surface area contributed by atoms with Crippen molar-refractivity contribution in [2.45, 2.75) is 30.7 Å². The Morgan fingerprint density at radius 2 is 1.35 bits per heavy atom. The van der Waals surface area contributed by atoms with Crippen LogP contribution < -0.4 is 5.69 Å². The number of aromatic nitrogens is 2. The van der Waals surface area contributed by atoms with Crippen molar-refractivity contribution in [1.82, 2.24) is 18.9 Å². The molecule has 0 atom stereocenters. The van der Waals surface area contributed by atoms with Gasteiger partial charge in [0, 0.05) is 40.3 Å². The molecule has 192 valence electrons. The molecule has 0 aliphatic carbocycles. The second-order valence-electron chi connectivity index (χ2n) is 10.4. The van der Waals surface area contributed by atoms with Crippen LogP contribution in [0.4, 0.5) is 0 Å². The van der Waals surface area contributed by atoms with Gasteiger partial charge < -0.3 is 9.80 Å². The normalized spacial score (nSPS) is 15.2. The molecule has 0 unspecified atom stereocenters. The van der Waals surface area contributed by atoms with E-state index in [1.54, 1.807) is 9.47 Å². The molecule has 2 heterocycles. The molecule has 0 radical (unpaired) electrons. The fraction of sp³-hybridized carbons (Fsp3) is 0.355. The topological polar surface area (TPSA) is 50.5 Å². The minimum absolute atomic E-state index is 0.0587. The molecule has 1 saturated heterocycles. The first kappa shape index (κ1) is 25.0. The summed E-state index contributed by atoms with van der Waals surface area (Å²) in [4.78, 5) is 31.1. The second kappa shape index (κ2) is 10.4. The molecule has 1 aliphatic heterocycles. The van der Waals surface area contributed by atoms with Gasteiger partial charge in [-0.2, -0.15) is 0 Å². The van der Waals surface area contributed by atoms with Gasteiger partial charge in [-0.25, -0.2) is 4.79 Å². The largest absolute Gasteiger partial charge is 0.348 e. The lowest BCUT2D eigenvalue weighted by atomic mass is 9.70. The van der Waals surface area contributed by atoms with Crippen LogP contribution in [0.25, 0.3) is 11.0 Å². The highest BCUT2D eigenvalue weighted by Crippen LogP contribution is 2.38. The van der Waals surface area contributed by atoms with E-state index in [4.69, 9.17) is 0 Å². The number of rotatable bonds is 7. The lowest BCUT2D eigenvalue weighted by molar-refractivity contribution is -0.133. The smallest absolute Gasteiger partial charge is 0.329 e. The number of fused-ring (bicyclic) bond motifs is 1. The molecule has 1 aromatic heterocycles. The molecular formula is C31H36N4O2. The monoisotopic (exact) mass is 496 g/mol. The molecule has 0 bridgehead atoms. The Hall–Kier alpha value is -3.64. The Kier molecular flexibility index (Phi) is 7.02.